The monoisotopic (exact) mass is 174 g/mol. The minimum atomic E-state index is -0.167. The molecule has 3 heteroatoms. The third-order valence-corrected chi connectivity index (χ3v) is 4.21. The van der Waals surface area contributed by atoms with Crippen LogP contribution in [0, 0.1) is 0 Å². The fourth-order valence-electron chi connectivity index (χ4n) is 1.28. The van der Waals surface area contributed by atoms with Crippen molar-refractivity contribution in [1.29, 1.82) is 0 Å². The second-order valence-corrected chi connectivity index (χ2v) is 4.82. The molecule has 0 aliphatic carbocycles. The molecule has 2 nitrogen and oxygen atoms in total. The highest BCUT2D eigenvalue weighted by Crippen LogP contribution is 2.36. The van der Waals surface area contributed by atoms with E-state index in [0.717, 1.165) is 13.0 Å². The number of ether oxygens (including phenoxy) is 2. The maximum atomic E-state index is 5.68. The Labute approximate surface area is 71.1 Å². The van der Waals surface area contributed by atoms with Crippen LogP contribution < -0.4 is 0 Å². The number of epoxide rings is 1. The van der Waals surface area contributed by atoms with Gasteiger partial charge in [-0.3, -0.25) is 0 Å². The summed E-state index contributed by atoms with van der Waals surface area (Å²) in [5.41, 5.74) is -0.0603. The smallest absolute Gasteiger partial charge is 0.170 e. The van der Waals surface area contributed by atoms with Gasteiger partial charge in [0.25, 0.3) is 0 Å². The van der Waals surface area contributed by atoms with Crippen molar-refractivity contribution in [2.75, 3.05) is 6.61 Å². The summed E-state index contributed by atoms with van der Waals surface area (Å²) in [6.45, 7) is 7.40. The van der Waals surface area contributed by atoms with E-state index >= 15 is 0 Å². The predicted octanol–water partition coefficient (Wildman–Crippen LogP) is 1.09. The van der Waals surface area contributed by atoms with Gasteiger partial charge in [-0.2, -0.15) is 0 Å². The van der Waals surface area contributed by atoms with Gasteiger partial charge < -0.3 is 9.47 Å². The molecule has 0 bridgehead atoms. The van der Waals surface area contributed by atoms with Crippen molar-refractivity contribution in [2.24, 2.45) is 0 Å². The molecule has 0 amide bonds. The zero-order chi connectivity index (χ0) is 8.32. The molecule has 0 radical (unpaired) electrons. The molecular formula is C8H18O2Si. The Balaban J connectivity index is 2.14. The van der Waals surface area contributed by atoms with Crippen LogP contribution in [0.15, 0.2) is 0 Å². The van der Waals surface area contributed by atoms with Gasteiger partial charge in [0.15, 0.2) is 5.41 Å². The summed E-state index contributed by atoms with van der Waals surface area (Å²) in [7, 11) is -0.167. The van der Waals surface area contributed by atoms with E-state index in [-0.39, 0.29) is 14.9 Å². The second kappa shape index (κ2) is 3.69. The summed E-state index contributed by atoms with van der Waals surface area (Å²) in [5.74, 6) is 0. The van der Waals surface area contributed by atoms with Crippen LogP contribution in [0.25, 0.3) is 0 Å². The van der Waals surface area contributed by atoms with Crippen molar-refractivity contribution in [3.8, 4) is 0 Å². The largest absolute Gasteiger partial charge is 0.352 e. The molecule has 0 aromatic heterocycles. The first-order valence-electron chi connectivity index (χ1n) is 4.57. The minimum absolute atomic E-state index is 0.0603. The molecule has 66 valence electrons. The van der Waals surface area contributed by atoms with Crippen LogP contribution in [-0.2, 0) is 9.47 Å². The van der Waals surface area contributed by atoms with Crippen molar-refractivity contribution < 1.29 is 9.47 Å². The van der Waals surface area contributed by atoms with Crippen molar-refractivity contribution in [1.82, 2.24) is 0 Å². The van der Waals surface area contributed by atoms with Crippen molar-refractivity contribution in [3.63, 3.8) is 0 Å². The Morgan fingerprint density at radius 1 is 1.64 bits per heavy atom. The van der Waals surface area contributed by atoms with E-state index in [1.807, 2.05) is 0 Å². The highest BCUT2D eigenvalue weighted by molar-refractivity contribution is 6.38. The molecule has 1 aliphatic heterocycles. The summed E-state index contributed by atoms with van der Waals surface area (Å²) in [4.78, 5) is 0. The van der Waals surface area contributed by atoms with Gasteiger partial charge in [-0.15, -0.1) is 0 Å². The summed E-state index contributed by atoms with van der Waals surface area (Å²) in [6, 6.07) is 0. The standard InChI is InChI=1S/C8H18O2Si/c1-4-5-6-9-8(11-3)7(2)10-8/h7H,4-6,11H2,1-3H3. The molecule has 1 rings (SSSR count). The fraction of sp³-hybridized carbons (Fsp3) is 1.00. The third-order valence-electron chi connectivity index (χ3n) is 2.28. The molecule has 0 aromatic rings. The summed E-state index contributed by atoms with van der Waals surface area (Å²) in [5, 5.41) is 0. The van der Waals surface area contributed by atoms with Crippen molar-refractivity contribution >= 4 is 9.52 Å². The number of hydrogen-bond donors (Lipinski definition) is 0. The van der Waals surface area contributed by atoms with Gasteiger partial charge in [0.05, 0.1) is 9.52 Å². The fourth-order valence-corrected chi connectivity index (χ4v) is 2.62. The molecule has 2 unspecified atom stereocenters. The Morgan fingerprint density at radius 3 is 2.64 bits per heavy atom. The Hall–Kier alpha value is 0.137. The van der Waals surface area contributed by atoms with Crippen LogP contribution in [0.4, 0.5) is 0 Å². The first-order chi connectivity index (χ1) is 5.25. The lowest BCUT2D eigenvalue weighted by atomic mass is 10.4. The first-order valence-corrected chi connectivity index (χ1v) is 6.69. The van der Waals surface area contributed by atoms with Crippen molar-refractivity contribution in [3.05, 3.63) is 0 Å². The molecule has 0 aromatic carbocycles. The van der Waals surface area contributed by atoms with E-state index in [1.54, 1.807) is 0 Å². The number of unbranched alkanes of at least 4 members (excludes halogenated alkanes) is 1. The van der Waals surface area contributed by atoms with Gasteiger partial charge in [-0.1, -0.05) is 19.9 Å². The molecule has 1 saturated heterocycles. The van der Waals surface area contributed by atoms with E-state index < -0.39 is 0 Å². The molecule has 1 heterocycles. The number of rotatable bonds is 5. The zero-order valence-electron chi connectivity index (χ0n) is 7.72. The van der Waals surface area contributed by atoms with E-state index in [9.17, 15) is 0 Å². The SMILES string of the molecule is CCCCOC1([SiH2]C)OC1C. The van der Waals surface area contributed by atoms with Crippen molar-refractivity contribution in [2.45, 2.75) is 44.8 Å². The molecule has 1 aliphatic rings. The lowest BCUT2D eigenvalue weighted by molar-refractivity contribution is 0.0136. The third kappa shape index (κ3) is 2.04. The highest BCUT2D eigenvalue weighted by atomic mass is 28.2. The Kier molecular flexibility index (Phi) is 3.10. The van der Waals surface area contributed by atoms with Crippen LogP contribution in [0.1, 0.15) is 26.7 Å². The van der Waals surface area contributed by atoms with Crippen LogP contribution in [-0.4, -0.2) is 27.6 Å². The lowest BCUT2D eigenvalue weighted by Crippen LogP contribution is -2.25. The van der Waals surface area contributed by atoms with E-state index in [0.29, 0.717) is 6.10 Å². The second-order valence-electron chi connectivity index (χ2n) is 3.13. The highest BCUT2D eigenvalue weighted by Gasteiger charge is 2.52. The average molecular weight is 174 g/mol. The summed E-state index contributed by atoms with van der Waals surface area (Å²) in [6.07, 6.45) is 2.73. The van der Waals surface area contributed by atoms with Crippen LogP contribution >= 0.6 is 0 Å². The average Bonchev–Trinajstić information content (AvgIpc) is 2.64. The molecule has 0 N–H and O–H groups in total. The Bertz CT molecular complexity index is 125. The summed E-state index contributed by atoms with van der Waals surface area (Å²) >= 11 is 0. The van der Waals surface area contributed by atoms with Gasteiger partial charge in [-0.25, -0.2) is 0 Å². The quantitative estimate of drug-likeness (QED) is 0.353. The first kappa shape index (κ1) is 9.23. The predicted molar refractivity (Wildman–Crippen MR) is 48.5 cm³/mol. The van der Waals surface area contributed by atoms with E-state index in [1.165, 1.54) is 6.42 Å². The van der Waals surface area contributed by atoms with Crippen LogP contribution in [0.2, 0.25) is 6.55 Å². The van der Waals surface area contributed by atoms with Gasteiger partial charge in [0.1, 0.15) is 6.10 Å². The van der Waals surface area contributed by atoms with E-state index in [4.69, 9.17) is 9.47 Å². The minimum Gasteiger partial charge on any atom is -0.352 e. The number of hydrogen-bond acceptors (Lipinski definition) is 2. The van der Waals surface area contributed by atoms with Crippen LogP contribution in [0.5, 0.6) is 0 Å². The van der Waals surface area contributed by atoms with Crippen LogP contribution in [0.3, 0.4) is 0 Å². The molecule has 1 fully saturated rings. The van der Waals surface area contributed by atoms with Gasteiger partial charge >= 0.3 is 0 Å². The van der Waals surface area contributed by atoms with Gasteiger partial charge in [-0.05, 0) is 13.3 Å². The van der Waals surface area contributed by atoms with E-state index in [2.05, 4.69) is 20.4 Å². The van der Waals surface area contributed by atoms with Gasteiger partial charge in [0, 0.05) is 6.61 Å². The maximum absolute atomic E-state index is 5.68. The maximum Gasteiger partial charge on any atom is 0.170 e. The lowest BCUT2D eigenvalue weighted by Gasteiger charge is -2.10. The van der Waals surface area contributed by atoms with Gasteiger partial charge in [0.2, 0.25) is 0 Å². The molecule has 0 spiro atoms. The Morgan fingerprint density at radius 2 is 2.27 bits per heavy atom. The molecule has 2 atom stereocenters. The topological polar surface area (TPSA) is 21.8 Å². The molecule has 11 heavy (non-hydrogen) atoms. The normalized spacial score (nSPS) is 36.8. The summed E-state index contributed by atoms with van der Waals surface area (Å²) < 4.78 is 11.1. The molecule has 0 saturated carbocycles. The zero-order valence-corrected chi connectivity index (χ0v) is 9.14. The molecular weight excluding hydrogens is 156 g/mol.